The molecule has 0 aromatic heterocycles. The van der Waals surface area contributed by atoms with Gasteiger partial charge in [-0.05, 0) is 11.1 Å². The van der Waals surface area contributed by atoms with E-state index in [1.54, 1.807) is 14.2 Å². The van der Waals surface area contributed by atoms with Gasteiger partial charge in [-0.15, -0.1) is 0 Å². The first kappa shape index (κ1) is 15.3. The monoisotopic (exact) mass is 270 g/mol. The lowest BCUT2D eigenvalue weighted by molar-refractivity contribution is 0.128. The van der Waals surface area contributed by atoms with E-state index in [0.29, 0.717) is 13.2 Å². The van der Waals surface area contributed by atoms with Crippen LogP contribution >= 0.6 is 0 Å². The zero-order valence-corrected chi connectivity index (χ0v) is 12.2. The summed E-state index contributed by atoms with van der Waals surface area (Å²) in [5.74, 6) is 0. The molecule has 0 amide bonds. The zero-order valence-electron chi connectivity index (χ0n) is 11.0. The van der Waals surface area contributed by atoms with Crippen molar-refractivity contribution >= 4 is 9.53 Å². The Kier molecular flexibility index (Phi) is 7.82. The van der Waals surface area contributed by atoms with Gasteiger partial charge in [0.15, 0.2) is 0 Å². The van der Waals surface area contributed by atoms with Crippen molar-refractivity contribution in [2.24, 2.45) is 5.73 Å². The number of hydrogen-bond donors (Lipinski definition) is 2. The summed E-state index contributed by atoms with van der Waals surface area (Å²) < 4.78 is 15.9. The van der Waals surface area contributed by atoms with Crippen LogP contribution in [0.15, 0.2) is 24.3 Å². The lowest BCUT2D eigenvalue weighted by Gasteiger charge is -2.14. The summed E-state index contributed by atoms with van der Waals surface area (Å²) in [5, 5.41) is 3.28. The number of benzene rings is 1. The van der Waals surface area contributed by atoms with E-state index < -0.39 is 9.53 Å². The first-order valence-electron chi connectivity index (χ1n) is 5.96. The number of nitrogens with two attached hydrogens (primary N) is 1. The molecule has 1 aromatic carbocycles. The van der Waals surface area contributed by atoms with Crippen LogP contribution in [0, 0.1) is 0 Å². The third kappa shape index (κ3) is 5.26. The Morgan fingerprint density at radius 2 is 1.83 bits per heavy atom. The van der Waals surface area contributed by atoms with Gasteiger partial charge in [0, 0.05) is 33.9 Å². The molecule has 1 rings (SSSR count). The van der Waals surface area contributed by atoms with Crippen molar-refractivity contribution < 1.29 is 13.3 Å². The summed E-state index contributed by atoms with van der Waals surface area (Å²) in [5.41, 5.74) is 7.81. The summed E-state index contributed by atoms with van der Waals surface area (Å²) in [6.45, 7) is 2.76. The summed E-state index contributed by atoms with van der Waals surface area (Å²) in [7, 11) is 1.26. The lowest BCUT2D eigenvalue weighted by Crippen LogP contribution is -2.25. The van der Waals surface area contributed by atoms with Crippen LogP contribution in [0.3, 0.4) is 0 Å². The SMILES string of the molecule is CO[SiH](OC)OCc1ccccc1CNCCN. The highest BCUT2D eigenvalue weighted by Gasteiger charge is 2.11. The molecule has 0 aliphatic rings. The molecule has 0 unspecified atom stereocenters. The minimum Gasteiger partial charge on any atom is -0.379 e. The van der Waals surface area contributed by atoms with Crippen LogP contribution in [-0.4, -0.2) is 36.8 Å². The van der Waals surface area contributed by atoms with Gasteiger partial charge in [-0.3, -0.25) is 0 Å². The number of nitrogens with one attached hydrogen (secondary N) is 1. The molecule has 102 valence electrons. The average molecular weight is 270 g/mol. The van der Waals surface area contributed by atoms with E-state index in [2.05, 4.69) is 17.4 Å². The van der Waals surface area contributed by atoms with E-state index in [4.69, 9.17) is 19.0 Å². The molecule has 0 radical (unpaired) electrons. The molecule has 6 heteroatoms. The van der Waals surface area contributed by atoms with E-state index in [9.17, 15) is 0 Å². The summed E-state index contributed by atoms with van der Waals surface area (Å²) in [4.78, 5) is 0. The standard InChI is InChI=1S/C12H22N2O3Si/c1-15-18(16-2)17-10-12-6-4-3-5-11(12)9-14-8-7-13/h3-6,14,18H,7-10,13H2,1-2H3. The van der Waals surface area contributed by atoms with Crippen molar-refractivity contribution in [3.63, 3.8) is 0 Å². The fourth-order valence-electron chi connectivity index (χ4n) is 1.59. The van der Waals surface area contributed by atoms with Gasteiger partial charge in [0.05, 0.1) is 6.61 Å². The van der Waals surface area contributed by atoms with Crippen LogP contribution in [0.4, 0.5) is 0 Å². The van der Waals surface area contributed by atoms with Crippen LogP contribution in [0.1, 0.15) is 11.1 Å². The van der Waals surface area contributed by atoms with Crippen LogP contribution in [-0.2, 0) is 26.4 Å². The molecular formula is C12H22N2O3Si. The van der Waals surface area contributed by atoms with Gasteiger partial charge in [0.2, 0.25) is 0 Å². The second-order valence-corrected chi connectivity index (χ2v) is 5.66. The molecule has 0 saturated heterocycles. The second-order valence-electron chi connectivity index (χ2n) is 3.81. The molecule has 18 heavy (non-hydrogen) atoms. The topological polar surface area (TPSA) is 65.7 Å². The zero-order chi connectivity index (χ0) is 13.2. The van der Waals surface area contributed by atoms with Gasteiger partial charge >= 0.3 is 9.53 Å². The molecule has 0 aliphatic heterocycles. The van der Waals surface area contributed by atoms with Crippen LogP contribution < -0.4 is 11.1 Å². The molecule has 0 fully saturated rings. The third-order valence-corrected chi connectivity index (χ3v) is 3.72. The Hall–Kier alpha value is -0.763. The summed E-state index contributed by atoms with van der Waals surface area (Å²) >= 11 is 0. The van der Waals surface area contributed by atoms with E-state index in [-0.39, 0.29) is 0 Å². The fourth-order valence-corrected chi connectivity index (χ4v) is 2.37. The van der Waals surface area contributed by atoms with E-state index in [1.807, 2.05) is 12.1 Å². The molecular weight excluding hydrogens is 248 g/mol. The van der Waals surface area contributed by atoms with Crippen molar-refractivity contribution in [1.82, 2.24) is 5.32 Å². The van der Waals surface area contributed by atoms with Crippen molar-refractivity contribution in [2.75, 3.05) is 27.3 Å². The van der Waals surface area contributed by atoms with Gasteiger partial charge in [-0.1, -0.05) is 24.3 Å². The number of hydrogen-bond acceptors (Lipinski definition) is 5. The summed E-state index contributed by atoms with van der Waals surface area (Å²) in [6.07, 6.45) is 0. The second kappa shape index (κ2) is 9.20. The van der Waals surface area contributed by atoms with Crippen LogP contribution in [0.25, 0.3) is 0 Å². The Morgan fingerprint density at radius 1 is 1.17 bits per heavy atom. The van der Waals surface area contributed by atoms with E-state index >= 15 is 0 Å². The molecule has 1 aromatic rings. The molecule has 3 N–H and O–H groups in total. The van der Waals surface area contributed by atoms with Gasteiger partial charge in [0.1, 0.15) is 0 Å². The molecule has 0 heterocycles. The van der Waals surface area contributed by atoms with Gasteiger partial charge in [0.25, 0.3) is 0 Å². The van der Waals surface area contributed by atoms with Gasteiger partial charge in [-0.2, -0.15) is 0 Å². The first-order chi connectivity index (χ1) is 8.81. The Balaban J connectivity index is 2.52. The molecule has 5 nitrogen and oxygen atoms in total. The van der Waals surface area contributed by atoms with Crippen LogP contribution in [0.5, 0.6) is 0 Å². The Morgan fingerprint density at radius 3 is 2.44 bits per heavy atom. The highest BCUT2D eigenvalue weighted by Crippen LogP contribution is 2.10. The number of rotatable bonds is 9. The summed E-state index contributed by atoms with van der Waals surface area (Å²) in [6, 6.07) is 8.15. The van der Waals surface area contributed by atoms with E-state index in [0.717, 1.165) is 18.7 Å². The fraction of sp³-hybridized carbons (Fsp3) is 0.500. The van der Waals surface area contributed by atoms with Crippen molar-refractivity contribution in [2.45, 2.75) is 13.2 Å². The largest absolute Gasteiger partial charge is 0.483 e. The highest BCUT2D eigenvalue weighted by atomic mass is 28.3. The minimum absolute atomic E-state index is 0.513. The Labute approximate surface area is 110 Å². The maximum absolute atomic E-state index is 5.62. The smallest absolute Gasteiger partial charge is 0.379 e. The molecule has 0 spiro atoms. The molecule has 0 saturated carbocycles. The van der Waals surface area contributed by atoms with Gasteiger partial charge in [-0.25, -0.2) is 0 Å². The van der Waals surface area contributed by atoms with Crippen molar-refractivity contribution in [3.05, 3.63) is 35.4 Å². The Bertz CT molecular complexity index is 335. The minimum atomic E-state index is -1.96. The molecule has 0 bridgehead atoms. The van der Waals surface area contributed by atoms with Crippen molar-refractivity contribution in [1.29, 1.82) is 0 Å². The molecule has 0 atom stereocenters. The predicted octanol–water partition coefficient (Wildman–Crippen LogP) is 0.262. The first-order valence-corrected chi connectivity index (χ1v) is 7.38. The highest BCUT2D eigenvalue weighted by molar-refractivity contribution is 6.36. The third-order valence-electron chi connectivity index (χ3n) is 2.51. The predicted molar refractivity (Wildman–Crippen MR) is 73.2 cm³/mol. The maximum atomic E-state index is 5.62. The van der Waals surface area contributed by atoms with Gasteiger partial charge < -0.3 is 24.3 Å². The lowest BCUT2D eigenvalue weighted by atomic mass is 10.1. The quantitative estimate of drug-likeness (QED) is 0.498. The maximum Gasteiger partial charge on any atom is 0.483 e. The molecule has 0 aliphatic carbocycles. The normalized spacial score (nSPS) is 11.1. The van der Waals surface area contributed by atoms with Crippen molar-refractivity contribution in [3.8, 4) is 0 Å². The average Bonchev–Trinajstić information content (AvgIpc) is 2.41. The van der Waals surface area contributed by atoms with Crippen LogP contribution in [0.2, 0.25) is 0 Å². The van der Waals surface area contributed by atoms with E-state index in [1.165, 1.54) is 5.56 Å².